The molecule has 0 saturated heterocycles. The van der Waals surface area contributed by atoms with Gasteiger partial charge in [0, 0.05) is 0 Å². The Morgan fingerprint density at radius 1 is 1.03 bits per heavy atom. The molecule has 0 heterocycles. The maximum Gasteiger partial charge on any atom is 0.573 e. The van der Waals surface area contributed by atoms with Crippen LogP contribution < -0.4 is 9.46 Å². The Morgan fingerprint density at radius 2 is 1.55 bits per heavy atom. The van der Waals surface area contributed by atoms with Crippen LogP contribution in [0.4, 0.5) is 13.2 Å². The molecule has 0 aromatic heterocycles. The molecule has 2 aromatic rings. The van der Waals surface area contributed by atoms with E-state index in [0.29, 0.717) is 5.56 Å². The summed E-state index contributed by atoms with van der Waals surface area (Å²) >= 11 is 0. The van der Waals surface area contributed by atoms with Crippen molar-refractivity contribution in [2.75, 3.05) is 0 Å². The fraction of sp³-hybridized carbons (Fsp3) is 0.316. The molecule has 0 aliphatic heterocycles. The average Bonchev–Trinajstić information content (AvgIpc) is 2.59. The highest BCUT2D eigenvalue weighted by Crippen LogP contribution is 2.26. The fourth-order valence-corrected chi connectivity index (χ4v) is 3.82. The third-order valence-corrected chi connectivity index (χ3v) is 5.54. The number of carboxylic acids is 1. The summed E-state index contributed by atoms with van der Waals surface area (Å²) in [6.45, 7) is 3.97. The van der Waals surface area contributed by atoms with E-state index in [1.54, 1.807) is 24.3 Å². The summed E-state index contributed by atoms with van der Waals surface area (Å²) < 4.78 is 67.9. The van der Waals surface area contributed by atoms with Crippen LogP contribution in [-0.2, 0) is 14.8 Å². The first kappa shape index (κ1) is 22.7. The molecule has 0 bridgehead atoms. The zero-order valence-corrected chi connectivity index (χ0v) is 16.4. The van der Waals surface area contributed by atoms with E-state index >= 15 is 0 Å². The predicted octanol–water partition coefficient (Wildman–Crippen LogP) is 4.20. The Kier molecular flexibility index (Phi) is 6.91. The molecule has 6 nitrogen and oxygen atoms in total. The highest BCUT2D eigenvalue weighted by Gasteiger charge is 2.31. The fourth-order valence-electron chi connectivity index (χ4n) is 2.59. The zero-order valence-electron chi connectivity index (χ0n) is 15.6. The molecule has 2 N–H and O–H groups in total. The Morgan fingerprint density at radius 3 is 2.00 bits per heavy atom. The third-order valence-electron chi connectivity index (χ3n) is 4.05. The standard InChI is InChI=1S/C19H20F3NO5S/c1-12(2)13-3-5-14(6-4-13)17(11-18(24)25)23-29(26,27)16-9-7-15(8-10-16)28-19(20,21)22/h3-10,12,17,23H,11H2,1-2H3,(H,24,25)/t17-/m0/s1. The summed E-state index contributed by atoms with van der Waals surface area (Å²) in [5.41, 5.74) is 1.46. The normalized spacial score (nSPS) is 13.3. The number of benzene rings is 2. The Labute approximate surface area is 166 Å². The van der Waals surface area contributed by atoms with Crippen molar-refractivity contribution >= 4 is 16.0 Å². The molecular formula is C19H20F3NO5S. The molecule has 0 aliphatic carbocycles. The molecule has 10 heteroatoms. The minimum absolute atomic E-state index is 0.246. The van der Waals surface area contributed by atoms with Crippen molar-refractivity contribution in [3.63, 3.8) is 0 Å². The second-order valence-electron chi connectivity index (χ2n) is 6.61. The summed E-state index contributed by atoms with van der Waals surface area (Å²) in [6.07, 6.45) is -5.40. The van der Waals surface area contributed by atoms with E-state index in [2.05, 4.69) is 9.46 Å². The van der Waals surface area contributed by atoms with Crippen molar-refractivity contribution in [1.82, 2.24) is 4.72 Å². The van der Waals surface area contributed by atoms with Gasteiger partial charge in [-0.05, 0) is 41.3 Å². The van der Waals surface area contributed by atoms with Gasteiger partial charge in [0.1, 0.15) is 5.75 Å². The molecule has 0 unspecified atom stereocenters. The average molecular weight is 431 g/mol. The second-order valence-corrected chi connectivity index (χ2v) is 8.33. The summed E-state index contributed by atoms with van der Waals surface area (Å²) in [7, 11) is -4.19. The quantitative estimate of drug-likeness (QED) is 0.654. The van der Waals surface area contributed by atoms with Crippen molar-refractivity contribution < 1.29 is 36.2 Å². The number of hydrogen-bond donors (Lipinski definition) is 2. The van der Waals surface area contributed by atoms with Crippen LogP contribution in [0.15, 0.2) is 53.4 Å². The number of sulfonamides is 1. The van der Waals surface area contributed by atoms with Gasteiger partial charge in [-0.25, -0.2) is 13.1 Å². The van der Waals surface area contributed by atoms with Crippen molar-refractivity contribution in [2.45, 2.75) is 43.5 Å². The van der Waals surface area contributed by atoms with Crippen molar-refractivity contribution in [3.8, 4) is 5.75 Å². The molecule has 0 amide bonds. The predicted molar refractivity (Wildman–Crippen MR) is 99.0 cm³/mol. The highest BCUT2D eigenvalue weighted by molar-refractivity contribution is 7.89. The van der Waals surface area contributed by atoms with Gasteiger partial charge in [0.2, 0.25) is 10.0 Å². The monoisotopic (exact) mass is 431 g/mol. The van der Waals surface area contributed by atoms with E-state index in [1.807, 2.05) is 13.8 Å². The minimum Gasteiger partial charge on any atom is -0.481 e. The molecule has 29 heavy (non-hydrogen) atoms. The first-order chi connectivity index (χ1) is 13.4. The minimum atomic E-state index is -4.90. The Hall–Kier alpha value is -2.59. The van der Waals surface area contributed by atoms with Crippen molar-refractivity contribution in [1.29, 1.82) is 0 Å². The summed E-state index contributed by atoms with van der Waals surface area (Å²) in [6, 6.07) is 9.43. The summed E-state index contributed by atoms with van der Waals surface area (Å²) in [5, 5.41) is 9.14. The van der Waals surface area contributed by atoms with E-state index in [9.17, 15) is 26.4 Å². The lowest BCUT2D eigenvalue weighted by Crippen LogP contribution is -2.30. The molecule has 0 fully saturated rings. The SMILES string of the molecule is CC(C)c1ccc([C@H](CC(=O)O)NS(=O)(=O)c2ccc(OC(F)(F)F)cc2)cc1. The van der Waals surface area contributed by atoms with Gasteiger partial charge in [-0.2, -0.15) is 0 Å². The maximum atomic E-state index is 12.6. The van der Waals surface area contributed by atoms with Crippen molar-refractivity contribution in [3.05, 3.63) is 59.7 Å². The molecule has 1 atom stereocenters. The van der Waals surface area contributed by atoms with Crippen LogP contribution in [0.2, 0.25) is 0 Å². The maximum absolute atomic E-state index is 12.6. The number of hydrogen-bond acceptors (Lipinski definition) is 4. The zero-order chi connectivity index (χ0) is 21.8. The van der Waals surface area contributed by atoms with Crippen LogP contribution in [0.1, 0.15) is 43.4 Å². The number of alkyl halides is 3. The molecule has 0 radical (unpaired) electrons. The van der Waals surface area contributed by atoms with Crippen LogP contribution >= 0.6 is 0 Å². The third kappa shape index (κ3) is 6.75. The Bertz CT molecular complexity index is 939. The van der Waals surface area contributed by atoms with Crippen LogP contribution in [0.5, 0.6) is 5.75 Å². The van der Waals surface area contributed by atoms with Gasteiger partial charge in [0.25, 0.3) is 0 Å². The lowest BCUT2D eigenvalue weighted by atomic mass is 9.98. The summed E-state index contributed by atoms with van der Waals surface area (Å²) in [5.74, 6) is -1.53. The molecular weight excluding hydrogens is 411 g/mol. The molecule has 2 aromatic carbocycles. The van der Waals surface area contributed by atoms with Crippen LogP contribution in [0, 0.1) is 0 Å². The largest absolute Gasteiger partial charge is 0.573 e. The van der Waals surface area contributed by atoms with Gasteiger partial charge in [0.15, 0.2) is 0 Å². The number of aliphatic carboxylic acids is 1. The lowest BCUT2D eigenvalue weighted by Gasteiger charge is -2.19. The molecule has 0 saturated carbocycles. The number of carbonyl (C=O) groups is 1. The number of rotatable bonds is 8. The topological polar surface area (TPSA) is 92.7 Å². The van der Waals surface area contributed by atoms with Gasteiger partial charge < -0.3 is 9.84 Å². The van der Waals surface area contributed by atoms with Gasteiger partial charge in [-0.3, -0.25) is 4.79 Å². The van der Waals surface area contributed by atoms with Crippen LogP contribution in [0.25, 0.3) is 0 Å². The molecule has 0 spiro atoms. The van der Waals surface area contributed by atoms with E-state index in [0.717, 1.165) is 29.8 Å². The van der Waals surface area contributed by atoms with E-state index in [1.165, 1.54) is 0 Å². The second kappa shape index (κ2) is 8.83. The van der Waals surface area contributed by atoms with Gasteiger partial charge in [-0.15, -0.1) is 13.2 Å². The number of carboxylic acid groups (broad SMARTS) is 1. The first-order valence-corrected chi connectivity index (χ1v) is 10.1. The van der Waals surface area contributed by atoms with Gasteiger partial charge in [0.05, 0.1) is 17.4 Å². The number of ether oxygens (including phenoxy) is 1. The van der Waals surface area contributed by atoms with Gasteiger partial charge >= 0.3 is 12.3 Å². The smallest absolute Gasteiger partial charge is 0.481 e. The van der Waals surface area contributed by atoms with Crippen LogP contribution in [-0.4, -0.2) is 25.9 Å². The number of nitrogens with one attached hydrogen (secondary N) is 1. The lowest BCUT2D eigenvalue weighted by molar-refractivity contribution is -0.274. The molecule has 0 aliphatic rings. The number of halogens is 3. The van der Waals surface area contributed by atoms with Crippen molar-refractivity contribution in [2.24, 2.45) is 0 Å². The van der Waals surface area contributed by atoms with Gasteiger partial charge in [-0.1, -0.05) is 38.1 Å². The van der Waals surface area contributed by atoms with Crippen LogP contribution in [0.3, 0.4) is 0 Å². The van der Waals surface area contributed by atoms with E-state index < -0.39 is 40.6 Å². The highest BCUT2D eigenvalue weighted by atomic mass is 32.2. The van der Waals surface area contributed by atoms with E-state index in [4.69, 9.17) is 5.11 Å². The first-order valence-electron chi connectivity index (χ1n) is 8.57. The molecule has 158 valence electrons. The van der Waals surface area contributed by atoms with E-state index in [-0.39, 0.29) is 10.8 Å². The Balaban J connectivity index is 2.26. The summed E-state index contributed by atoms with van der Waals surface area (Å²) in [4.78, 5) is 10.9. The molecule has 2 rings (SSSR count).